The van der Waals surface area contributed by atoms with Crippen molar-refractivity contribution in [2.75, 3.05) is 13.7 Å². The Morgan fingerprint density at radius 2 is 2.50 bits per heavy atom. The van der Waals surface area contributed by atoms with E-state index in [2.05, 4.69) is 10.2 Å². The molecule has 1 heterocycles. The van der Waals surface area contributed by atoms with Crippen LogP contribution in [0.4, 0.5) is 0 Å². The average molecular weight is 114 g/mol. The van der Waals surface area contributed by atoms with Crippen molar-refractivity contribution in [3.05, 3.63) is 0 Å². The molecule has 3 nitrogen and oxygen atoms in total. The van der Waals surface area contributed by atoms with Crippen LogP contribution in [0, 0.1) is 0 Å². The van der Waals surface area contributed by atoms with E-state index in [0.29, 0.717) is 0 Å². The monoisotopic (exact) mass is 114 g/mol. The van der Waals surface area contributed by atoms with E-state index in [1.54, 1.807) is 7.05 Å². The van der Waals surface area contributed by atoms with Gasteiger partial charge in [0.25, 0.3) is 0 Å². The Morgan fingerprint density at radius 3 is 3.00 bits per heavy atom. The van der Waals surface area contributed by atoms with Crippen LogP contribution in [-0.2, 0) is 4.74 Å². The van der Waals surface area contributed by atoms with E-state index < -0.39 is 0 Å². The van der Waals surface area contributed by atoms with Crippen molar-refractivity contribution in [3.8, 4) is 0 Å². The molecule has 0 amide bonds. The van der Waals surface area contributed by atoms with Gasteiger partial charge in [0.2, 0.25) is 0 Å². The van der Waals surface area contributed by atoms with Crippen LogP contribution in [0.1, 0.15) is 12.8 Å². The maximum atomic E-state index is 5.13. The topological polar surface area (TPSA) is 34.0 Å². The first-order chi connectivity index (χ1) is 3.93. The van der Waals surface area contributed by atoms with Gasteiger partial charge in [0, 0.05) is 13.7 Å². The molecule has 1 unspecified atom stereocenters. The summed E-state index contributed by atoms with van der Waals surface area (Å²) in [6.07, 6.45) is 2.24. The molecular formula is C5H10N2O. The summed E-state index contributed by atoms with van der Waals surface area (Å²) in [4.78, 5) is 0. The molecule has 1 saturated heterocycles. The molecule has 0 aromatic carbocycles. The van der Waals surface area contributed by atoms with Crippen LogP contribution in [0.2, 0.25) is 0 Å². The Hall–Kier alpha value is -0.440. The van der Waals surface area contributed by atoms with Crippen LogP contribution in [-0.4, -0.2) is 19.9 Å². The second kappa shape index (κ2) is 2.77. The summed E-state index contributed by atoms with van der Waals surface area (Å²) >= 11 is 0. The average Bonchev–Trinajstić information content (AvgIpc) is 2.19. The SMILES string of the molecule is CN=NC1CCCO1. The van der Waals surface area contributed by atoms with Gasteiger partial charge in [0.15, 0.2) is 6.23 Å². The Bertz CT molecular complexity index is 86.4. The summed E-state index contributed by atoms with van der Waals surface area (Å²) in [5, 5.41) is 7.44. The molecule has 0 spiro atoms. The maximum absolute atomic E-state index is 5.13. The zero-order chi connectivity index (χ0) is 5.82. The van der Waals surface area contributed by atoms with Crippen molar-refractivity contribution >= 4 is 0 Å². The van der Waals surface area contributed by atoms with Crippen molar-refractivity contribution in [1.29, 1.82) is 0 Å². The third kappa shape index (κ3) is 1.26. The molecule has 1 aliphatic heterocycles. The lowest BCUT2D eigenvalue weighted by molar-refractivity contribution is 0.112. The van der Waals surface area contributed by atoms with E-state index >= 15 is 0 Å². The minimum Gasteiger partial charge on any atom is -0.355 e. The molecule has 0 bridgehead atoms. The first-order valence-corrected chi connectivity index (χ1v) is 2.84. The van der Waals surface area contributed by atoms with E-state index in [0.717, 1.165) is 19.4 Å². The fourth-order valence-corrected chi connectivity index (χ4v) is 0.781. The standard InChI is InChI=1S/C5H10N2O/c1-6-7-5-3-2-4-8-5/h5H,2-4H2,1H3. The fraction of sp³-hybridized carbons (Fsp3) is 1.00. The molecule has 0 aromatic heterocycles. The van der Waals surface area contributed by atoms with Gasteiger partial charge in [0.05, 0.1) is 0 Å². The van der Waals surface area contributed by atoms with Crippen molar-refractivity contribution in [2.24, 2.45) is 10.2 Å². The number of rotatable bonds is 1. The van der Waals surface area contributed by atoms with Crippen LogP contribution in [0.3, 0.4) is 0 Å². The third-order valence-electron chi connectivity index (χ3n) is 1.15. The number of azo groups is 1. The second-order valence-corrected chi connectivity index (χ2v) is 1.78. The lowest BCUT2D eigenvalue weighted by Crippen LogP contribution is -1.97. The van der Waals surface area contributed by atoms with E-state index in [1.165, 1.54) is 0 Å². The zero-order valence-electron chi connectivity index (χ0n) is 5.00. The molecule has 3 heteroatoms. The van der Waals surface area contributed by atoms with Gasteiger partial charge in [-0.3, -0.25) is 0 Å². The van der Waals surface area contributed by atoms with Crippen molar-refractivity contribution in [2.45, 2.75) is 19.1 Å². The predicted octanol–water partition coefficient (Wildman–Crippen LogP) is 1.20. The van der Waals surface area contributed by atoms with Crippen molar-refractivity contribution in [1.82, 2.24) is 0 Å². The number of ether oxygens (including phenoxy) is 1. The summed E-state index contributed by atoms with van der Waals surface area (Å²) < 4.78 is 5.13. The number of hydrogen-bond acceptors (Lipinski definition) is 3. The lowest BCUT2D eigenvalue weighted by atomic mass is 10.3. The molecule has 0 aromatic rings. The summed E-state index contributed by atoms with van der Waals surface area (Å²) in [6, 6.07) is 0. The molecule has 8 heavy (non-hydrogen) atoms. The summed E-state index contributed by atoms with van der Waals surface area (Å²) in [5.74, 6) is 0. The lowest BCUT2D eigenvalue weighted by Gasteiger charge is -1.96. The largest absolute Gasteiger partial charge is 0.355 e. The Balaban J connectivity index is 2.24. The summed E-state index contributed by atoms with van der Waals surface area (Å²) in [5.41, 5.74) is 0. The highest BCUT2D eigenvalue weighted by Crippen LogP contribution is 2.12. The van der Waals surface area contributed by atoms with Gasteiger partial charge >= 0.3 is 0 Å². The van der Waals surface area contributed by atoms with Crippen LogP contribution < -0.4 is 0 Å². The Labute approximate surface area is 48.8 Å². The molecular weight excluding hydrogens is 104 g/mol. The maximum Gasteiger partial charge on any atom is 0.168 e. The molecule has 0 aliphatic carbocycles. The molecule has 0 saturated carbocycles. The smallest absolute Gasteiger partial charge is 0.168 e. The zero-order valence-corrected chi connectivity index (χ0v) is 5.00. The first-order valence-electron chi connectivity index (χ1n) is 2.84. The van der Waals surface area contributed by atoms with E-state index in [1.807, 2.05) is 0 Å². The summed E-state index contributed by atoms with van der Waals surface area (Å²) in [6.45, 7) is 0.851. The van der Waals surface area contributed by atoms with Crippen LogP contribution in [0.5, 0.6) is 0 Å². The molecule has 46 valence electrons. The third-order valence-corrected chi connectivity index (χ3v) is 1.15. The minimum absolute atomic E-state index is 0.0694. The van der Waals surface area contributed by atoms with Gasteiger partial charge in [-0.05, 0) is 12.8 Å². The van der Waals surface area contributed by atoms with E-state index in [4.69, 9.17) is 4.74 Å². The molecule has 1 aliphatic rings. The molecule has 0 N–H and O–H groups in total. The highest BCUT2D eigenvalue weighted by Gasteiger charge is 2.12. The van der Waals surface area contributed by atoms with Gasteiger partial charge in [-0.2, -0.15) is 10.2 Å². The van der Waals surface area contributed by atoms with Gasteiger partial charge in [-0.1, -0.05) is 0 Å². The Kier molecular flexibility index (Phi) is 1.97. The van der Waals surface area contributed by atoms with Gasteiger partial charge in [0.1, 0.15) is 0 Å². The normalized spacial score (nSPS) is 29.9. The Morgan fingerprint density at radius 1 is 1.62 bits per heavy atom. The van der Waals surface area contributed by atoms with Crippen LogP contribution in [0.15, 0.2) is 10.2 Å². The van der Waals surface area contributed by atoms with Gasteiger partial charge < -0.3 is 4.74 Å². The minimum atomic E-state index is 0.0694. The van der Waals surface area contributed by atoms with E-state index in [-0.39, 0.29) is 6.23 Å². The van der Waals surface area contributed by atoms with Gasteiger partial charge in [-0.15, -0.1) is 0 Å². The molecule has 1 rings (SSSR count). The van der Waals surface area contributed by atoms with E-state index in [9.17, 15) is 0 Å². The first kappa shape index (κ1) is 5.69. The number of nitrogens with zero attached hydrogens (tertiary/aromatic N) is 2. The summed E-state index contributed by atoms with van der Waals surface area (Å²) in [7, 11) is 1.67. The molecule has 0 radical (unpaired) electrons. The number of hydrogen-bond donors (Lipinski definition) is 0. The fourth-order valence-electron chi connectivity index (χ4n) is 0.781. The van der Waals surface area contributed by atoms with Crippen molar-refractivity contribution < 1.29 is 4.74 Å². The quantitative estimate of drug-likeness (QED) is 0.471. The van der Waals surface area contributed by atoms with Crippen LogP contribution in [0.25, 0.3) is 0 Å². The molecule has 1 atom stereocenters. The van der Waals surface area contributed by atoms with Crippen LogP contribution >= 0.6 is 0 Å². The van der Waals surface area contributed by atoms with Gasteiger partial charge in [-0.25, -0.2) is 0 Å². The second-order valence-electron chi connectivity index (χ2n) is 1.78. The highest BCUT2D eigenvalue weighted by molar-refractivity contribution is 4.58. The molecule has 1 fully saturated rings. The highest BCUT2D eigenvalue weighted by atomic mass is 16.5. The predicted molar refractivity (Wildman–Crippen MR) is 29.8 cm³/mol. The van der Waals surface area contributed by atoms with Crippen molar-refractivity contribution in [3.63, 3.8) is 0 Å².